The fourth-order valence-electron chi connectivity index (χ4n) is 1.71. The zero-order valence-corrected chi connectivity index (χ0v) is 10.6. The summed E-state index contributed by atoms with van der Waals surface area (Å²) in [5.74, 6) is 0.915. The van der Waals surface area contributed by atoms with Crippen molar-refractivity contribution in [1.82, 2.24) is 14.8 Å². The first-order valence-electron chi connectivity index (χ1n) is 5.60. The van der Waals surface area contributed by atoms with E-state index >= 15 is 0 Å². The summed E-state index contributed by atoms with van der Waals surface area (Å²) in [4.78, 5) is 0. The normalized spacial score (nSPS) is 10.7. The van der Waals surface area contributed by atoms with Crippen molar-refractivity contribution in [2.45, 2.75) is 19.9 Å². The Bertz CT molecular complexity index is 538. The Morgan fingerprint density at radius 3 is 2.71 bits per heavy atom. The van der Waals surface area contributed by atoms with Crippen LogP contribution in [0.3, 0.4) is 0 Å². The van der Waals surface area contributed by atoms with Crippen LogP contribution >= 0.6 is 12.2 Å². The summed E-state index contributed by atoms with van der Waals surface area (Å²) >= 11 is 5.22. The van der Waals surface area contributed by atoms with E-state index in [-0.39, 0.29) is 0 Å². The highest BCUT2D eigenvalue weighted by Crippen LogP contribution is 2.08. The quantitative estimate of drug-likeness (QED) is 0.811. The van der Waals surface area contributed by atoms with E-state index in [1.807, 2.05) is 4.57 Å². The minimum absolute atomic E-state index is 0.577. The largest absolute Gasteiger partial charge is 0.330 e. The maximum absolute atomic E-state index is 5.55. The Balaban J connectivity index is 2.26. The highest BCUT2D eigenvalue weighted by atomic mass is 32.1. The van der Waals surface area contributed by atoms with Crippen molar-refractivity contribution < 1.29 is 0 Å². The molecular formula is C12H16N4S. The summed E-state index contributed by atoms with van der Waals surface area (Å²) in [6, 6.07) is 8.41. The Morgan fingerprint density at radius 2 is 2.06 bits per heavy atom. The highest BCUT2D eigenvalue weighted by Gasteiger charge is 2.05. The highest BCUT2D eigenvalue weighted by molar-refractivity contribution is 7.71. The molecule has 4 nitrogen and oxygen atoms in total. The zero-order valence-electron chi connectivity index (χ0n) is 9.81. The molecule has 0 aliphatic carbocycles. The molecular weight excluding hydrogens is 232 g/mol. The van der Waals surface area contributed by atoms with Crippen LogP contribution in [0.25, 0.3) is 0 Å². The van der Waals surface area contributed by atoms with Gasteiger partial charge < -0.3 is 5.73 Å². The maximum Gasteiger partial charge on any atom is 0.195 e. The van der Waals surface area contributed by atoms with Gasteiger partial charge in [0, 0.05) is 6.42 Å². The van der Waals surface area contributed by atoms with Crippen molar-refractivity contribution in [2.75, 3.05) is 6.54 Å². The Hall–Kier alpha value is -1.46. The zero-order chi connectivity index (χ0) is 12.3. The van der Waals surface area contributed by atoms with Gasteiger partial charge in [-0.1, -0.05) is 29.8 Å². The smallest absolute Gasteiger partial charge is 0.195 e. The monoisotopic (exact) mass is 248 g/mol. The molecule has 1 heterocycles. The lowest BCUT2D eigenvalue weighted by molar-refractivity contribution is 0.709. The number of nitrogens with two attached hydrogens (primary N) is 1. The third-order valence-electron chi connectivity index (χ3n) is 2.67. The van der Waals surface area contributed by atoms with Gasteiger partial charge >= 0.3 is 0 Å². The van der Waals surface area contributed by atoms with Gasteiger partial charge in [-0.15, -0.1) is 0 Å². The second-order valence-electron chi connectivity index (χ2n) is 4.06. The number of hydrogen-bond donors (Lipinski definition) is 2. The van der Waals surface area contributed by atoms with Gasteiger partial charge in [-0.2, -0.15) is 5.10 Å². The summed E-state index contributed by atoms with van der Waals surface area (Å²) in [6.45, 7) is 3.39. The lowest BCUT2D eigenvalue weighted by atomic mass is 10.1. The molecule has 1 aromatic carbocycles. The Labute approximate surface area is 105 Å². The van der Waals surface area contributed by atoms with Crippen LogP contribution < -0.4 is 5.73 Å². The van der Waals surface area contributed by atoms with Gasteiger partial charge in [-0.3, -0.25) is 9.67 Å². The molecule has 17 heavy (non-hydrogen) atoms. The van der Waals surface area contributed by atoms with E-state index in [0.29, 0.717) is 11.3 Å². The maximum atomic E-state index is 5.55. The van der Waals surface area contributed by atoms with Gasteiger partial charge in [-0.05, 0) is 31.2 Å². The summed E-state index contributed by atoms with van der Waals surface area (Å²) < 4.78 is 2.64. The lowest BCUT2D eigenvalue weighted by Gasteiger charge is -2.06. The average molecular weight is 248 g/mol. The minimum Gasteiger partial charge on any atom is -0.330 e. The molecule has 90 valence electrons. The standard InChI is InChI=1S/C12H16N4S/c1-9-2-4-10(5-3-9)8-16-11(6-7-13)14-15-12(16)17/h2-5H,6-8,13H2,1H3,(H,15,17). The summed E-state index contributed by atoms with van der Waals surface area (Å²) in [5, 5.41) is 7.00. The molecule has 0 radical (unpaired) electrons. The van der Waals surface area contributed by atoms with E-state index in [0.717, 1.165) is 18.8 Å². The van der Waals surface area contributed by atoms with Crippen molar-refractivity contribution in [3.05, 3.63) is 46.0 Å². The molecule has 0 amide bonds. The number of aromatic nitrogens is 3. The van der Waals surface area contributed by atoms with Gasteiger partial charge in [0.2, 0.25) is 0 Å². The number of H-pyrrole nitrogens is 1. The minimum atomic E-state index is 0.577. The Morgan fingerprint density at radius 1 is 1.35 bits per heavy atom. The van der Waals surface area contributed by atoms with E-state index in [9.17, 15) is 0 Å². The molecule has 5 heteroatoms. The first-order valence-corrected chi connectivity index (χ1v) is 6.01. The van der Waals surface area contributed by atoms with E-state index in [2.05, 4.69) is 41.4 Å². The van der Waals surface area contributed by atoms with Crippen LogP contribution in [0.5, 0.6) is 0 Å². The number of nitrogens with zero attached hydrogens (tertiary/aromatic N) is 2. The molecule has 0 aliphatic rings. The van der Waals surface area contributed by atoms with Crippen molar-refractivity contribution in [3.63, 3.8) is 0 Å². The summed E-state index contributed by atoms with van der Waals surface area (Å²) in [7, 11) is 0. The SMILES string of the molecule is Cc1ccc(Cn2c(CCN)n[nH]c2=S)cc1. The number of rotatable bonds is 4. The summed E-state index contributed by atoms with van der Waals surface area (Å²) in [5.41, 5.74) is 8.02. The van der Waals surface area contributed by atoms with E-state index in [1.165, 1.54) is 11.1 Å². The van der Waals surface area contributed by atoms with E-state index < -0.39 is 0 Å². The molecule has 2 rings (SSSR count). The molecule has 0 saturated heterocycles. The van der Waals surface area contributed by atoms with E-state index in [4.69, 9.17) is 18.0 Å². The van der Waals surface area contributed by atoms with Crippen molar-refractivity contribution >= 4 is 12.2 Å². The van der Waals surface area contributed by atoms with Crippen LogP contribution in [0.4, 0.5) is 0 Å². The van der Waals surface area contributed by atoms with Gasteiger partial charge in [0.1, 0.15) is 5.82 Å². The van der Waals surface area contributed by atoms with Crippen LogP contribution in [0, 0.1) is 11.7 Å². The lowest BCUT2D eigenvalue weighted by Crippen LogP contribution is -2.11. The molecule has 0 unspecified atom stereocenters. The number of aromatic amines is 1. The molecule has 0 aliphatic heterocycles. The third-order valence-corrected chi connectivity index (χ3v) is 2.98. The molecule has 0 spiro atoms. The van der Waals surface area contributed by atoms with Gasteiger partial charge in [-0.25, -0.2) is 0 Å². The van der Waals surface area contributed by atoms with Crippen molar-refractivity contribution in [3.8, 4) is 0 Å². The predicted octanol–water partition coefficient (Wildman–Crippen LogP) is 1.80. The molecule has 1 aromatic heterocycles. The molecule has 0 bridgehead atoms. The molecule has 0 atom stereocenters. The number of nitrogens with one attached hydrogen (secondary N) is 1. The van der Waals surface area contributed by atoms with E-state index in [1.54, 1.807) is 0 Å². The van der Waals surface area contributed by atoms with Crippen LogP contribution in [-0.4, -0.2) is 21.3 Å². The molecule has 0 saturated carbocycles. The second-order valence-corrected chi connectivity index (χ2v) is 4.44. The Kier molecular flexibility index (Phi) is 3.71. The summed E-state index contributed by atoms with van der Waals surface area (Å²) in [6.07, 6.45) is 0.735. The van der Waals surface area contributed by atoms with Gasteiger partial charge in [0.05, 0.1) is 6.54 Å². The van der Waals surface area contributed by atoms with Gasteiger partial charge in [0.15, 0.2) is 4.77 Å². The fourth-order valence-corrected chi connectivity index (χ4v) is 1.92. The van der Waals surface area contributed by atoms with Crippen molar-refractivity contribution in [2.24, 2.45) is 5.73 Å². The van der Waals surface area contributed by atoms with Crippen LogP contribution in [0.2, 0.25) is 0 Å². The second kappa shape index (κ2) is 5.25. The fraction of sp³-hybridized carbons (Fsp3) is 0.333. The molecule has 3 N–H and O–H groups in total. The third kappa shape index (κ3) is 2.81. The first kappa shape index (κ1) is 12.0. The van der Waals surface area contributed by atoms with Gasteiger partial charge in [0.25, 0.3) is 0 Å². The first-order chi connectivity index (χ1) is 8.20. The average Bonchev–Trinajstić information content (AvgIpc) is 2.65. The topological polar surface area (TPSA) is 59.6 Å². The van der Waals surface area contributed by atoms with Crippen LogP contribution in [0.15, 0.2) is 24.3 Å². The molecule has 2 aromatic rings. The molecule has 0 fully saturated rings. The predicted molar refractivity (Wildman–Crippen MR) is 70.5 cm³/mol. The van der Waals surface area contributed by atoms with Crippen LogP contribution in [-0.2, 0) is 13.0 Å². The number of aryl methyl sites for hydroxylation is 1. The van der Waals surface area contributed by atoms with Crippen LogP contribution in [0.1, 0.15) is 17.0 Å². The number of hydrogen-bond acceptors (Lipinski definition) is 3. The number of benzene rings is 1. The van der Waals surface area contributed by atoms with Crippen molar-refractivity contribution in [1.29, 1.82) is 0 Å².